The molecule has 3 aromatic rings. The molecule has 110 valence electrons. The third kappa shape index (κ3) is 3.18. The van der Waals surface area contributed by atoms with Crippen LogP contribution < -0.4 is 0 Å². The second kappa shape index (κ2) is 6.03. The van der Waals surface area contributed by atoms with Crippen LogP contribution in [0.5, 0.6) is 0 Å². The van der Waals surface area contributed by atoms with Crippen molar-refractivity contribution in [2.75, 3.05) is 0 Å². The van der Waals surface area contributed by atoms with Crippen LogP contribution in [-0.4, -0.2) is 15.6 Å². The predicted octanol–water partition coefficient (Wildman–Crippen LogP) is 4.23. The zero-order valence-electron chi connectivity index (χ0n) is 11.9. The maximum atomic E-state index is 11.9. The molecule has 0 aliphatic heterocycles. The highest BCUT2D eigenvalue weighted by Crippen LogP contribution is 2.24. The summed E-state index contributed by atoms with van der Waals surface area (Å²) < 4.78 is 7.29. The van der Waals surface area contributed by atoms with E-state index in [0.29, 0.717) is 16.3 Å². The first-order valence-corrected chi connectivity index (χ1v) is 7.06. The lowest BCUT2D eigenvalue weighted by Crippen LogP contribution is -1.91. The van der Waals surface area contributed by atoms with Crippen LogP contribution >= 0.6 is 11.6 Å². The molecule has 0 spiro atoms. The van der Waals surface area contributed by atoms with Gasteiger partial charge in [-0.3, -0.25) is 9.48 Å². The number of allylic oxidation sites excluding steroid dienone is 1. The standard InChI is InChI=1S/C17H13ClN2O2/c1-20-11-13(10-19-20)16(21)8-6-15-7-9-17(22-15)12-2-4-14(18)5-3-12/h2-11H,1H3/b8-6+. The third-order valence-corrected chi connectivity index (χ3v) is 3.40. The molecule has 0 amide bonds. The summed E-state index contributed by atoms with van der Waals surface area (Å²) in [5.74, 6) is 1.23. The highest BCUT2D eigenvalue weighted by molar-refractivity contribution is 6.30. The molecule has 5 heteroatoms. The number of ketones is 1. The average molecular weight is 313 g/mol. The van der Waals surface area contributed by atoms with Gasteiger partial charge >= 0.3 is 0 Å². The van der Waals surface area contributed by atoms with Crippen molar-refractivity contribution in [1.29, 1.82) is 0 Å². The van der Waals surface area contributed by atoms with E-state index in [1.54, 1.807) is 36.1 Å². The van der Waals surface area contributed by atoms with E-state index in [9.17, 15) is 4.79 Å². The summed E-state index contributed by atoms with van der Waals surface area (Å²) in [4.78, 5) is 11.9. The maximum Gasteiger partial charge on any atom is 0.189 e. The molecule has 2 aromatic heterocycles. The van der Waals surface area contributed by atoms with Gasteiger partial charge in [0.1, 0.15) is 11.5 Å². The van der Waals surface area contributed by atoms with Crippen molar-refractivity contribution >= 4 is 23.5 Å². The van der Waals surface area contributed by atoms with E-state index in [-0.39, 0.29) is 5.78 Å². The SMILES string of the molecule is Cn1cc(C(=O)/C=C/c2ccc(-c3ccc(Cl)cc3)o2)cn1. The Balaban J connectivity index is 1.75. The normalized spacial score (nSPS) is 11.2. The van der Waals surface area contributed by atoms with Crippen LogP contribution in [0.2, 0.25) is 5.02 Å². The average Bonchev–Trinajstić information content (AvgIpc) is 3.15. The third-order valence-electron chi connectivity index (χ3n) is 3.14. The minimum Gasteiger partial charge on any atom is -0.457 e. The molecular weight excluding hydrogens is 300 g/mol. The highest BCUT2D eigenvalue weighted by Gasteiger charge is 2.06. The lowest BCUT2D eigenvalue weighted by molar-refractivity contribution is 0.104. The number of hydrogen-bond donors (Lipinski definition) is 0. The summed E-state index contributed by atoms with van der Waals surface area (Å²) in [5.41, 5.74) is 1.48. The highest BCUT2D eigenvalue weighted by atomic mass is 35.5. The van der Waals surface area contributed by atoms with Crippen LogP contribution in [0.15, 0.2) is 59.3 Å². The molecule has 0 unspecified atom stereocenters. The fraction of sp³-hybridized carbons (Fsp3) is 0.0588. The number of carbonyl (C=O) groups is 1. The van der Waals surface area contributed by atoms with E-state index in [1.165, 1.54) is 12.3 Å². The second-order valence-corrected chi connectivity index (χ2v) is 5.25. The van der Waals surface area contributed by atoms with Crippen LogP contribution in [-0.2, 0) is 7.05 Å². The van der Waals surface area contributed by atoms with Gasteiger partial charge in [-0.25, -0.2) is 0 Å². The van der Waals surface area contributed by atoms with Crippen molar-refractivity contribution in [2.45, 2.75) is 0 Å². The smallest absolute Gasteiger partial charge is 0.189 e. The van der Waals surface area contributed by atoms with Crippen molar-refractivity contribution in [3.05, 3.63) is 71.2 Å². The first-order valence-electron chi connectivity index (χ1n) is 6.69. The van der Waals surface area contributed by atoms with Gasteiger partial charge in [-0.2, -0.15) is 5.10 Å². The summed E-state index contributed by atoms with van der Waals surface area (Å²) in [6.45, 7) is 0. The van der Waals surface area contributed by atoms with Gasteiger partial charge in [0.2, 0.25) is 0 Å². The van der Waals surface area contributed by atoms with Gasteiger partial charge in [0.25, 0.3) is 0 Å². The van der Waals surface area contributed by atoms with E-state index in [2.05, 4.69) is 5.10 Å². The quantitative estimate of drug-likeness (QED) is 0.535. The van der Waals surface area contributed by atoms with E-state index in [4.69, 9.17) is 16.0 Å². The Kier molecular flexibility index (Phi) is 3.94. The van der Waals surface area contributed by atoms with Crippen LogP contribution in [0.1, 0.15) is 16.1 Å². The molecule has 4 nitrogen and oxygen atoms in total. The Morgan fingerprint density at radius 2 is 2.00 bits per heavy atom. The monoisotopic (exact) mass is 312 g/mol. The lowest BCUT2D eigenvalue weighted by atomic mass is 10.2. The lowest BCUT2D eigenvalue weighted by Gasteiger charge is -1.96. The number of nitrogens with zero attached hydrogens (tertiary/aromatic N) is 2. The number of furan rings is 1. The molecule has 0 radical (unpaired) electrons. The number of hydrogen-bond acceptors (Lipinski definition) is 3. The van der Waals surface area contributed by atoms with Gasteiger partial charge in [-0.1, -0.05) is 11.6 Å². The Labute approximate surface area is 132 Å². The topological polar surface area (TPSA) is 48.0 Å². The Bertz CT molecular complexity index is 828. The van der Waals surface area contributed by atoms with Gasteiger partial charge < -0.3 is 4.42 Å². The van der Waals surface area contributed by atoms with E-state index in [1.807, 2.05) is 24.3 Å². The van der Waals surface area contributed by atoms with Crippen LogP contribution in [0.25, 0.3) is 17.4 Å². The van der Waals surface area contributed by atoms with Gasteiger partial charge in [0, 0.05) is 23.8 Å². The molecule has 0 fully saturated rings. The number of benzene rings is 1. The van der Waals surface area contributed by atoms with Gasteiger partial charge in [0.05, 0.1) is 11.8 Å². The first kappa shape index (κ1) is 14.4. The van der Waals surface area contributed by atoms with Crippen molar-refractivity contribution in [2.24, 2.45) is 7.05 Å². The van der Waals surface area contributed by atoms with Crippen LogP contribution in [0.3, 0.4) is 0 Å². The van der Waals surface area contributed by atoms with Crippen LogP contribution in [0, 0.1) is 0 Å². The molecule has 1 aromatic carbocycles. The molecule has 0 saturated heterocycles. The largest absolute Gasteiger partial charge is 0.457 e. The molecule has 0 atom stereocenters. The number of rotatable bonds is 4. The zero-order chi connectivity index (χ0) is 15.5. The van der Waals surface area contributed by atoms with Crippen molar-refractivity contribution in [1.82, 2.24) is 9.78 Å². The maximum absolute atomic E-state index is 11.9. The predicted molar refractivity (Wildman–Crippen MR) is 85.7 cm³/mol. The van der Waals surface area contributed by atoms with Gasteiger partial charge in [-0.05, 0) is 48.6 Å². The molecule has 2 heterocycles. The molecular formula is C17H13ClN2O2. The van der Waals surface area contributed by atoms with Gasteiger partial charge in [0.15, 0.2) is 5.78 Å². The fourth-order valence-corrected chi connectivity index (χ4v) is 2.14. The molecule has 0 aliphatic carbocycles. The Morgan fingerprint density at radius 3 is 2.68 bits per heavy atom. The summed E-state index contributed by atoms with van der Waals surface area (Å²) in [6.07, 6.45) is 6.33. The Hall–Kier alpha value is -2.59. The molecule has 0 aliphatic rings. The minimum atomic E-state index is -0.113. The molecule has 0 bridgehead atoms. The van der Waals surface area contributed by atoms with Crippen molar-refractivity contribution in [3.8, 4) is 11.3 Å². The van der Waals surface area contributed by atoms with E-state index in [0.717, 1.165) is 11.3 Å². The zero-order valence-corrected chi connectivity index (χ0v) is 12.6. The second-order valence-electron chi connectivity index (χ2n) is 4.81. The fourth-order valence-electron chi connectivity index (χ4n) is 2.01. The summed E-state index contributed by atoms with van der Waals surface area (Å²) in [5, 5.41) is 4.65. The van der Waals surface area contributed by atoms with E-state index < -0.39 is 0 Å². The summed E-state index contributed by atoms with van der Waals surface area (Å²) in [6, 6.07) is 11.1. The minimum absolute atomic E-state index is 0.113. The number of aryl methyl sites for hydroxylation is 1. The molecule has 0 saturated carbocycles. The van der Waals surface area contributed by atoms with E-state index >= 15 is 0 Å². The van der Waals surface area contributed by atoms with Crippen molar-refractivity contribution < 1.29 is 9.21 Å². The molecule has 22 heavy (non-hydrogen) atoms. The summed E-state index contributed by atoms with van der Waals surface area (Å²) in [7, 11) is 1.77. The number of carbonyl (C=O) groups excluding carboxylic acids is 1. The number of halogens is 1. The Morgan fingerprint density at radius 1 is 1.23 bits per heavy atom. The molecule has 3 rings (SSSR count). The van der Waals surface area contributed by atoms with Gasteiger partial charge in [-0.15, -0.1) is 0 Å². The molecule has 0 N–H and O–H groups in total. The number of aromatic nitrogens is 2. The summed E-state index contributed by atoms with van der Waals surface area (Å²) >= 11 is 5.86. The first-order chi connectivity index (χ1) is 10.6. The van der Waals surface area contributed by atoms with Crippen molar-refractivity contribution in [3.63, 3.8) is 0 Å². The van der Waals surface area contributed by atoms with Crippen LogP contribution in [0.4, 0.5) is 0 Å².